The molecule has 0 aromatic heterocycles. The summed E-state index contributed by atoms with van der Waals surface area (Å²) in [4.78, 5) is 12.0. The third-order valence-corrected chi connectivity index (χ3v) is 3.83. The smallest absolute Gasteiger partial charge is 0.231 e. The van der Waals surface area contributed by atoms with Crippen LogP contribution in [0.5, 0.6) is 11.5 Å². The Morgan fingerprint density at radius 3 is 3.10 bits per heavy atom. The summed E-state index contributed by atoms with van der Waals surface area (Å²) >= 11 is 0. The van der Waals surface area contributed by atoms with Crippen molar-refractivity contribution < 1.29 is 14.3 Å². The number of anilines is 1. The first-order valence-electron chi connectivity index (χ1n) is 7.21. The number of nitrogens with one attached hydrogen (secondary N) is 2. The number of hydrogen-bond acceptors (Lipinski definition) is 4. The van der Waals surface area contributed by atoms with Crippen LogP contribution in [0.15, 0.2) is 18.2 Å². The molecule has 20 heavy (non-hydrogen) atoms. The maximum Gasteiger partial charge on any atom is 0.231 e. The third kappa shape index (κ3) is 3.22. The molecule has 1 aromatic carbocycles. The van der Waals surface area contributed by atoms with E-state index in [1.165, 1.54) is 12.8 Å². The first kappa shape index (κ1) is 13.2. The van der Waals surface area contributed by atoms with Gasteiger partial charge in [-0.2, -0.15) is 0 Å². The monoisotopic (exact) mass is 276 g/mol. The number of rotatable bonds is 4. The van der Waals surface area contributed by atoms with Gasteiger partial charge in [-0.15, -0.1) is 0 Å². The Morgan fingerprint density at radius 1 is 1.35 bits per heavy atom. The summed E-state index contributed by atoms with van der Waals surface area (Å²) in [5, 5.41) is 6.29. The molecule has 1 atom stereocenters. The van der Waals surface area contributed by atoms with Crippen molar-refractivity contribution in [2.75, 3.05) is 25.2 Å². The number of carbonyl (C=O) groups is 1. The second-order valence-corrected chi connectivity index (χ2v) is 5.37. The quantitative estimate of drug-likeness (QED) is 0.884. The molecule has 0 spiro atoms. The molecule has 5 heteroatoms. The van der Waals surface area contributed by atoms with Crippen LogP contribution in [0.1, 0.15) is 25.7 Å². The Balaban J connectivity index is 1.48. The molecule has 1 fully saturated rings. The minimum atomic E-state index is 0.0643. The van der Waals surface area contributed by atoms with E-state index < -0.39 is 0 Å². The van der Waals surface area contributed by atoms with Crippen LogP contribution in [0.2, 0.25) is 0 Å². The van der Waals surface area contributed by atoms with E-state index in [1.54, 1.807) is 0 Å². The number of piperidine rings is 1. The second kappa shape index (κ2) is 6.13. The SMILES string of the molecule is O=C(CCC1CCCNC1)Nc1ccc2c(c1)OCO2. The van der Waals surface area contributed by atoms with Gasteiger partial charge in [-0.3, -0.25) is 4.79 Å². The van der Waals surface area contributed by atoms with Crippen molar-refractivity contribution in [3.63, 3.8) is 0 Å². The van der Waals surface area contributed by atoms with Gasteiger partial charge in [0.15, 0.2) is 11.5 Å². The molecule has 2 N–H and O–H groups in total. The van der Waals surface area contributed by atoms with Crippen LogP contribution in [0.4, 0.5) is 5.69 Å². The van der Waals surface area contributed by atoms with Gasteiger partial charge in [0, 0.05) is 18.2 Å². The van der Waals surface area contributed by atoms with Crippen molar-refractivity contribution in [2.24, 2.45) is 5.92 Å². The van der Waals surface area contributed by atoms with Crippen molar-refractivity contribution in [2.45, 2.75) is 25.7 Å². The van der Waals surface area contributed by atoms with E-state index in [1.807, 2.05) is 18.2 Å². The molecular weight excluding hydrogens is 256 g/mol. The molecule has 2 heterocycles. The molecule has 0 saturated carbocycles. The van der Waals surface area contributed by atoms with Gasteiger partial charge in [0.25, 0.3) is 0 Å². The van der Waals surface area contributed by atoms with E-state index in [9.17, 15) is 4.79 Å². The van der Waals surface area contributed by atoms with Crippen molar-refractivity contribution in [3.05, 3.63) is 18.2 Å². The second-order valence-electron chi connectivity index (χ2n) is 5.37. The number of carbonyl (C=O) groups excluding carboxylic acids is 1. The zero-order valence-electron chi connectivity index (χ0n) is 11.5. The maximum absolute atomic E-state index is 12.0. The van der Waals surface area contributed by atoms with Crippen molar-refractivity contribution in [3.8, 4) is 11.5 Å². The zero-order valence-corrected chi connectivity index (χ0v) is 11.5. The predicted molar refractivity (Wildman–Crippen MR) is 76.0 cm³/mol. The minimum absolute atomic E-state index is 0.0643. The highest BCUT2D eigenvalue weighted by atomic mass is 16.7. The van der Waals surface area contributed by atoms with Gasteiger partial charge in [-0.25, -0.2) is 0 Å². The summed E-state index contributed by atoms with van der Waals surface area (Å²) in [6, 6.07) is 5.47. The lowest BCUT2D eigenvalue weighted by Gasteiger charge is -2.22. The Labute approximate surface area is 118 Å². The maximum atomic E-state index is 12.0. The standard InChI is InChI=1S/C15H20N2O3/c18-15(6-3-11-2-1-7-16-9-11)17-12-4-5-13-14(8-12)20-10-19-13/h4-5,8,11,16H,1-3,6-7,9-10H2,(H,17,18). The minimum Gasteiger partial charge on any atom is -0.454 e. The normalized spacial score (nSPS) is 20.7. The topological polar surface area (TPSA) is 59.6 Å². The van der Waals surface area contributed by atoms with Gasteiger partial charge < -0.3 is 20.1 Å². The molecule has 2 aliphatic rings. The van der Waals surface area contributed by atoms with Gasteiger partial charge >= 0.3 is 0 Å². The lowest BCUT2D eigenvalue weighted by atomic mass is 9.94. The summed E-state index contributed by atoms with van der Waals surface area (Å²) in [7, 11) is 0. The van der Waals surface area contributed by atoms with E-state index in [2.05, 4.69) is 10.6 Å². The van der Waals surface area contributed by atoms with Gasteiger partial charge in [0.1, 0.15) is 0 Å². The van der Waals surface area contributed by atoms with Crippen molar-refractivity contribution in [1.29, 1.82) is 0 Å². The first-order chi connectivity index (χ1) is 9.81. The molecule has 5 nitrogen and oxygen atoms in total. The Morgan fingerprint density at radius 2 is 2.25 bits per heavy atom. The Hall–Kier alpha value is -1.75. The highest BCUT2D eigenvalue weighted by molar-refractivity contribution is 5.91. The lowest BCUT2D eigenvalue weighted by molar-refractivity contribution is -0.116. The lowest BCUT2D eigenvalue weighted by Crippen LogP contribution is -2.30. The van der Waals surface area contributed by atoms with Crippen LogP contribution >= 0.6 is 0 Å². The van der Waals surface area contributed by atoms with Crippen LogP contribution in [-0.2, 0) is 4.79 Å². The van der Waals surface area contributed by atoms with Crippen LogP contribution in [0, 0.1) is 5.92 Å². The molecular formula is C15H20N2O3. The first-order valence-corrected chi connectivity index (χ1v) is 7.21. The Bertz CT molecular complexity index is 484. The molecule has 2 aliphatic heterocycles. The fraction of sp³-hybridized carbons (Fsp3) is 0.533. The van der Waals surface area contributed by atoms with E-state index in [-0.39, 0.29) is 12.7 Å². The molecule has 1 amide bonds. The molecule has 1 aromatic rings. The fourth-order valence-electron chi connectivity index (χ4n) is 2.70. The van der Waals surface area contributed by atoms with Crippen LogP contribution in [0.25, 0.3) is 0 Å². The fourth-order valence-corrected chi connectivity index (χ4v) is 2.70. The molecule has 0 radical (unpaired) electrons. The van der Waals surface area contributed by atoms with Gasteiger partial charge in [-0.1, -0.05) is 0 Å². The molecule has 0 aliphatic carbocycles. The number of hydrogen-bond donors (Lipinski definition) is 2. The summed E-state index contributed by atoms with van der Waals surface area (Å²) < 4.78 is 10.5. The van der Waals surface area contributed by atoms with Crippen LogP contribution < -0.4 is 20.1 Å². The van der Waals surface area contributed by atoms with Crippen molar-refractivity contribution in [1.82, 2.24) is 5.32 Å². The summed E-state index contributed by atoms with van der Waals surface area (Å²) in [5.41, 5.74) is 0.765. The van der Waals surface area contributed by atoms with Crippen molar-refractivity contribution >= 4 is 11.6 Å². The van der Waals surface area contributed by atoms with E-state index in [0.717, 1.165) is 30.9 Å². The van der Waals surface area contributed by atoms with Crippen LogP contribution in [0.3, 0.4) is 0 Å². The molecule has 3 rings (SSSR count). The third-order valence-electron chi connectivity index (χ3n) is 3.83. The predicted octanol–water partition coefficient (Wildman–Crippen LogP) is 2.13. The van der Waals surface area contributed by atoms with Gasteiger partial charge in [0.05, 0.1) is 0 Å². The van der Waals surface area contributed by atoms with E-state index in [0.29, 0.717) is 18.1 Å². The average molecular weight is 276 g/mol. The zero-order chi connectivity index (χ0) is 13.8. The van der Waals surface area contributed by atoms with E-state index in [4.69, 9.17) is 9.47 Å². The molecule has 1 saturated heterocycles. The summed E-state index contributed by atoms with van der Waals surface area (Å²) in [5.74, 6) is 2.12. The molecule has 0 bridgehead atoms. The van der Waals surface area contributed by atoms with Gasteiger partial charge in [0.2, 0.25) is 12.7 Å². The van der Waals surface area contributed by atoms with E-state index >= 15 is 0 Å². The molecule has 1 unspecified atom stereocenters. The number of amides is 1. The highest BCUT2D eigenvalue weighted by Crippen LogP contribution is 2.34. The largest absolute Gasteiger partial charge is 0.454 e. The summed E-state index contributed by atoms with van der Waals surface area (Å²) in [6.07, 6.45) is 3.96. The molecule has 108 valence electrons. The number of fused-ring (bicyclic) bond motifs is 1. The Kier molecular flexibility index (Phi) is 4.06. The van der Waals surface area contributed by atoms with Gasteiger partial charge in [-0.05, 0) is 50.4 Å². The van der Waals surface area contributed by atoms with Crippen LogP contribution in [-0.4, -0.2) is 25.8 Å². The summed E-state index contributed by atoms with van der Waals surface area (Å²) in [6.45, 7) is 2.40. The average Bonchev–Trinajstić information content (AvgIpc) is 2.94. The number of ether oxygens (including phenoxy) is 2. The number of benzene rings is 1. The highest BCUT2D eigenvalue weighted by Gasteiger charge is 2.16.